The van der Waals surface area contributed by atoms with Crippen molar-refractivity contribution in [3.05, 3.63) is 41.3 Å². The molecule has 13 heavy (non-hydrogen) atoms. The van der Waals surface area contributed by atoms with Crippen LogP contribution in [0.2, 0.25) is 0 Å². The second-order valence-electron chi connectivity index (χ2n) is 2.37. The summed E-state index contributed by atoms with van der Waals surface area (Å²) in [6, 6.07) is 9.14. The fourth-order valence-electron chi connectivity index (χ4n) is 0.782. The zero-order valence-corrected chi connectivity index (χ0v) is 7.99. The molecule has 0 saturated heterocycles. The largest absolute Gasteiger partial charge is 0.289 e. The molecule has 0 heterocycles. The topological polar surface area (TPSA) is 43.4 Å². The molecule has 0 spiro atoms. The molecule has 0 aliphatic rings. The molecule has 0 unspecified atom stereocenters. The average Bonchev–Trinajstić information content (AvgIpc) is 2.17. The van der Waals surface area contributed by atoms with Gasteiger partial charge in [0.1, 0.15) is 0 Å². The van der Waals surface area contributed by atoms with Gasteiger partial charge in [0, 0.05) is 0 Å². The van der Waals surface area contributed by atoms with Crippen LogP contribution in [0.5, 0.6) is 0 Å². The van der Waals surface area contributed by atoms with E-state index in [1.54, 1.807) is 0 Å². The minimum absolute atomic E-state index is 0.822. The lowest BCUT2D eigenvalue weighted by Gasteiger charge is -1.92. The van der Waals surface area contributed by atoms with Crippen LogP contribution in [-0.2, 0) is 14.3 Å². The van der Waals surface area contributed by atoms with Crippen LogP contribution in [0.15, 0.2) is 35.7 Å². The molecule has 0 amide bonds. The first-order chi connectivity index (χ1) is 6.14. The highest BCUT2D eigenvalue weighted by Crippen LogP contribution is 2.03. The van der Waals surface area contributed by atoms with E-state index in [2.05, 4.69) is 4.18 Å². The zero-order chi connectivity index (χ0) is 9.73. The molecule has 0 atom stereocenters. The quantitative estimate of drug-likeness (QED) is 0.693. The molecule has 0 radical (unpaired) electrons. The third-order valence-corrected chi connectivity index (χ3v) is 2.39. The fraction of sp³-hybridized carbons (Fsp3) is 0.111. The maximum atomic E-state index is 10.9. The normalized spacial score (nSPS) is 12.1. The van der Waals surface area contributed by atoms with E-state index in [4.69, 9.17) is 0 Å². The molecule has 0 N–H and O–H groups in total. The molecule has 0 saturated carbocycles. The Morgan fingerprint density at radius 2 is 1.85 bits per heavy atom. The Kier molecular flexibility index (Phi) is 3.22. The predicted octanol–water partition coefficient (Wildman–Crippen LogP) is 1.63. The molecule has 0 fully saturated rings. The molecule has 0 aromatic heterocycles. The van der Waals surface area contributed by atoms with Gasteiger partial charge >= 0.3 is 0 Å². The monoisotopic (exact) mass is 198 g/mol. The standard InChI is InChI=1S/C9H10O3S/c1-12-13(10,11)8-7-9-5-3-2-4-6-9/h2-8H,1H3. The molecule has 4 heteroatoms. The van der Waals surface area contributed by atoms with Gasteiger partial charge in [-0.1, -0.05) is 30.3 Å². The van der Waals surface area contributed by atoms with Gasteiger partial charge in [-0.15, -0.1) is 0 Å². The molecule has 3 nitrogen and oxygen atoms in total. The zero-order valence-electron chi connectivity index (χ0n) is 7.17. The van der Waals surface area contributed by atoms with Crippen molar-refractivity contribution in [2.75, 3.05) is 7.11 Å². The summed E-state index contributed by atoms with van der Waals surface area (Å²) in [5, 5.41) is 1.03. The summed E-state index contributed by atoms with van der Waals surface area (Å²) < 4.78 is 26.0. The lowest BCUT2D eigenvalue weighted by molar-refractivity contribution is 0.406. The van der Waals surface area contributed by atoms with Gasteiger partial charge in [0.05, 0.1) is 12.5 Å². The van der Waals surface area contributed by atoms with Gasteiger partial charge < -0.3 is 0 Å². The van der Waals surface area contributed by atoms with Crippen LogP contribution in [0.25, 0.3) is 6.08 Å². The van der Waals surface area contributed by atoms with E-state index < -0.39 is 10.1 Å². The Balaban J connectivity index is 2.82. The molecule has 1 aromatic rings. The van der Waals surface area contributed by atoms with E-state index in [9.17, 15) is 8.42 Å². The third-order valence-electron chi connectivity index (χ3n) is 1.46. The number of hydrogen-bond acceptors (Lipinski definition) is 3. The highest BCUT2D eigenvalue weighted by molar-refractivity contribution is 7.89. The van der Waals surface area contributed by atoms with Gasteiger partial charge in [-0.3, -0.25) is 4.18 Å². The van der Waals surface area contributed by atoms with Crippen molar-refractivity contribution in [3.8, 4) is 0 Å². The summed E-state index contributed by atoms with van der Waals surface area (Å²) in [4.78, 5) is 0. The van der Waals surface area contributed by atoms with Crippen LogP contribution >= 0.6 is 0 Å². The van der Waals surface area contributed by atoms with Crippen LogP contribution in [-0.4, -0.2) is 15.5 Å². The smallest absolute Gasteiger partial charge is 0.270 e. The minimum Gasteiger partial charge on any atom is -0.270 e. The van der Waals surface area contributed by atoms with Crippen LogP contribution < -0.4 is 0 Å². The van der Waals surface area contributed by atoms with Crippen molar-refractivity contribution in [3.63, 3.8) is 0 Å². The van der Waals surface area contributed by atoms with E-state index in [-0.39, 0.29) is 0 Å². The highest BCUT2D eigenvalue weighted by atomic mass is 32.2. The average molecular weight is 198 g/mol. The van der Waals surface area contributed by atoms with E-state index in [1.165, 1.54) is 6.08 Å². The molecule has 1 aromatic carbocycles. The summed E-state index contributed by atoms with van der Waals surface area (Å²) in [5.74, 6) is 0. The first kappa shape index (κ1) is 9.95. The number of rotatable bonds is 3. The maximum Gasteiger partial charge on any atom is 0.289 e. The van der Waals surface area contributed by atoms with Crippen LogP contribution in [0.4, 0.5) is 0 Å². The van der Waals surface area contributed by atoms with Crippen molar-refractivity contribution in [1.82, 2.24) is 0 Å². The first-order valence-electron chi connectivity index (χ1n) is 3.68. The molecule has 1 rings (SSSR count). The fourth-order valence-corrected chi connectivity index (χ4v) is 1.22. The summed E-state index contributed by atoms with van der Waals surface area (Å²) in [5.41, 5.74) is 0.822. The van der Waals surface area contributed by atoms with Crippen molar-refractivity contribution >= 4 is 16.2 Å². The third kappa shape index (κ3) is 3.40. The summed E-state index contributed by atoms with van der Waals surface area (Å²) in [6.07, 6.45) is 1.48. The Bertz CT molecular complexity index is 379. The Labute approximate surface area is 77.8 Å². The van der Waals surface area contributed by atoms with Crippen molar-refractivity contribution < 1.29 is 12.6 Å². The maximum absolute atomic E-state index is 10.9. The second kappa shape index (κ2) is 4.20. The minimum atomic E-state index is -3.50. The lowest BCUT2D eigenvalue weighted by atomic mass is 10.2. The molecular weight excluding hydrogens is 188 g/mol. The van der Waals surface area contributed by atoms with E-state index in [0.29, 0.717) is 0 Å². The second-order valence-corrected chi connectivity index (χ2v) is 3.96. The first-order valence-corrected chi connectivity index (χ1v) is 5.15. The summed E-state index contributed by atoms with van der Waals surface area (Å²) in [7, 11) is -2.37. The van der Waals surface area contributed by atoms with Crippen molar-refractivity contribution in [1.29, 1.82) is 0 Å². The van der Waals surface area contributed by atoms with Crippen LogP contribution in [0.1, 0.15) is 5.56 Å². The summed E-state index contributed by atoms with van der Waals surface area (Å²) in [6.45, 7) is 0. The lowest BCUT2D eigenvalue weighted by Crippen LogP contribution is -1.95. The Morgan fingerprint density at radius 3 is 2.38 bits per heavy atom. The van der Waals surface area contributed by atoms with Crippen LogP contribution in [0.3, 0.4) is 0 Å². The van der Waals surface area contributed by atoms with E-state index >= 15 is 0 Å². The van der Waals surface area contributed by atoms with E-state index in [1.807, 2.05) is 30.3 Å². The van der Waals surface area contributed by atoms with Gasteiger partial charge in [0.2, 0.25) is 0 Å². The molecule has 0 aliphatic heterocycles. The van der Waals surface area contributed by atoms with Gasteiger partial charge in [-0.2, -0.15) is 8.42 Å². The summed E-state index contributed by atoms with van der Waals surface area (Å²) >= 11 is 0. The highest BCUT2D eigenvalue weighted by Gasteiger charge is 1.99. The number of benzene rings is 1. The Morgan fingerprint density at radius 1 is 1.23 bits per heavy atom. The van der Waals surface area contributed by atoms with Gasteiger partial charge in [0.25, 0.3) is 10.1 Å². The van der Waals surface area contributed by atoms with Gasteiger partial charge in [0.15, 0.2) is 0 Å². The predicted molar refractivity (Wildman–Crippen MR) is 51.4 cm³/mol. The Hall–Kier alpha value is -1.13. The van der Waals surface area contributed by atoms with Crippen molar-refractivity contribution in [2.24, 2.45) is 0 Å². The molecule has 0 bridgehead atoms. The van der Waals surface area contributed by atoms with Crippen molar-refractivity contribution in [2.45, 2.75) is 0 Å². The SMILES string of the molecule is COS(=O)(=O)C=Cc1ccccc1. The van der Waals surface area contributed by atoms with E-state index in [0.717, 1.165) is 18.1 Å². The van der Waals surface area contributed by atoms with Gasteiger partial charge in [-0.25, -0.2) is 0 Å². The molecule has 70 valence electrons. The molecule has 0 aliphatic carbocycles. The molecular formula is C9H10O3S. The number of hydrogen-bond donors (Lipinski definition) is 0. The van der Waals surface area contributed by atoms with Gasteiger partial charge in [-0.05, 0) is 11.6 Å². The van der Waals surface area contributed by atoms with Crippen LogP contribution in [0, 0.1) is 0 Å².